The Balaban J connectivity index is 1.51. The van der Waals surface area contributed by atoms with E-state index in [0.717, 1.165) is 31.5 Å². The number of carbonyl (C=O) groups is 1. The first-order valence-corrected chi connectivity index (χ1v) is 11.3. The number of aliphatic hydroxyl groups is 3. The fourth-order valence-electron chi connectivity index (χ4n) is 11.4. The standard InChI is InChI=1S/C23H31NO5/c1-10-4-21-5-12-8-24-9-20(3)6-13(29-11(2)25)7-22(16(12)20)17(21)15(26)14(10)18(27)23(21,28)19(22)24/h12-19,26-28H,1,4-9H2,2-3H3/t12-,13+,14-,15-,16+,17+,18-,19+,20+,21-,22+,23-/m1/s1. The van der Waals surface area contributed by atoms with Crippen LogP contribution in [0.5, 0.6) is 0 Å². The zero-order valence-corrected chi connectivity index (χ0v) is 17.2. The van der Waals surface area contributed by atoms with Gasteiger partial charge < -0.3 is 20.1 Å². The van der Waals surface area contributed by atoms with Crippen LogP contribution in [0.4, 0.5) is 0 Å². The molecule has 6 aliphatic carbocycles. The van der Waals surface area contributed by atoms with E-state index < -0.39 is 29.1 Å². The monoisotopic (exact) mass is 401 g/mol. The first kappa shape index (κ1) is 17.7. The summed E-state index contributed by atoms with van der Waals surface area (Å²) in [5.74, 6) is 0.0806. The highest BCUT2D eigenvalue weighted by Gasteiger charge is 2.92. The minimum Gasteiger partial charge on any atom is -0.463 e. The van der Waals surface area contributed by atoms with Gasteiger partial charge in [-0.05, 0) is 42.9 Å². The Hall–Kier alpha value is -0.950. The average molecular weight is 402 g/mol. The molecule has 9 bridgehead atoms. The smallest absolute Gasteiger partial charge is 0.302 e. The summed E-state index contributed by atoms with van der Waals surface area (Å²) < 4.78 is 5.80. The van der Waals surface area contributed by atoms with Crippen molar-refractivity contribution >= 4 is 5.97 Å². The minimum absolute atomic E-state index is 0.00809. The molecule has 3 heterocycles. The van der Waals surface area contributed by atoms with E-state index in [2.05, 4.69) is 18.4 Å². The average Bonchev–Trinajstić information content (AvgIpc) is 2.61. The summed E-state index contributed by atoms with van der Waals surface area (Å²) >= 11 is 0. The number of rotatable bonds is 1. The van der Waals surface area contributed by atoms with Gasteiger partial charge in [-0.2, -0.15) is 0 Å². The summed E-state index contributed by atoms with van der Waals surface area (Å²) in [6, 6.07) is -0.169. The second kappa shape index (κ2) is 4.62. The van der Waals surface area contributed by atoms with Crippen LogP contribution < -0.4 is 0 Å². The molecule has 29 heavy (non-hydrogen) atoms. The maximum Gasteiger partial charge on any atom is 0.302 e. The van der Waals surface area contributed by atoms with Crippen molar-refractivity contribution in [2.45, 2.75) is 69.5 Å². The topological polar surface area (TPSA) is 90.2 Å². The molecule has 3 aliphatic heterocycles. The molecule has 158 valence electrons. The van der Waals surface area contributed by atoms with Gasteiger partial charge in [-0.1, -0.05) is 19.1 Å². The van der Waals surface area contributed by atoms with Gasteiger partial charge in [0.15, 0.2) is 0 Å². The molecule has 0 radical (unpaired) electrons. The third-order valence-electron chi connectivity index (χ3n) is 10.8. The number of hydrogen-bond donors (Lipinski definition) is 3. The van der Waals surface area contributed by atoms with Gasteiger partial charge in [-0.15, -0.1) is 0 Å². The Morgan fingerprint density at radius 2 is 2.00 bits per heavy atom. The highest BCUT2D eigenvalue weighted by atomic mass is 16.5. The van der Waals surface area contributed by atoms with E-state index in [9.17, 15) is 20.1 Å². The maximum absolute atomic E-state index is 12.4. The van der Waals surface area contributed by atoms with Crippen LogP contribution in [0.15, 0.2) is 12.2 Å². The lowest BCUT2D eigenvalue weighted by molar-refractivity contribution is -0.284. The van der Waals surface area contributed by atoms with Crippen LogP contribution in [0.2, 0.25) is 0 Å². The summed E-state index contributed by atoms with van der Waals surface area (Å²) in [4.78, 5) is 14.3. The van der Waals surface area contributed by atoms with Gasteiger partial charge in [0.05, 0.1) is 12.2 Å². The van der Waals surface area contributed by atoms with Crippen LogP contribution in [-0.4, -0.2) is 69.2 Å². The van der Waals surface area contributed by atoms with Gasteiger partial charge in [0, 0.05) is 48.7 Å². The van der Waals surface area contributed by atoms with E-state index in [1.54, 1.807) is 0 Å². The number of nitrogens with zero attached hydrogens (tertiary/aromatic N) is 1. The SMILES string of the molecule is C=C1C[C@@]23C[C@@H]4CN5C[C@]6(C)C[C@H](OC(C)=O)C[C@@]7([C@H]2[C@H](O)[C@@H]1[C@@H](O)[C@@]3(O)[C@@H]57)[C@@H]46. The van der Waals surface area contributed by atoms with Crippen molar-refractivity contribution in [2.24, 2.45) is 39.9 Å². The molecule has 0 aromatic rings. The molecular formula is C23H31NO5. The number of piperidine rings is 3. The first-order chi connectivity index (χ1) is 13.6. The van der Waals surface area contributed by atoms with Crippen molar-refractivity contribution in [1.82, 2.24) is 4.90 Å². The predicted octanol–water partition coefficient (Wildman–Crippen LogP) is 0.697. The molecule has 2 spiro atoms. The zero-order chi connectivity index (χ0) is 20.3. The van der Waals surface area contributed by atoms with Crippen LogP contribution in [-0.2, 0) is 9.53 Å². The molecule has 13 atom stereocenters. The van der Waals surface area contributed by atoms with Gasteiger partial charge in [0.2, 0.25) is 0 Å². The number of hydrogen-bond acceptors (Lipinski definition) is 6. The molecule has 6 saturated carbocycles. The van der Waals surface area contributed by atoms with E-state index in [-0.39, 0.29) is 34.9 Å². The first-order valence-electron chi connectivity index (χ1n) is 11.3. The lowest BCUT2D eigenvalue weighted by Gasteiger charge is -2.74. The van der Waals surface area contributed by atoms with Gasteiger partial charge in [0.1, 0.15) is 11.7 Å². The molecule has 6 heteroatoms. The summed E-state index contributed by atoms with van der Waals surface area (Å²) in [6.07, 6.45) is 1.28. The molecule has 9 aliphatic rings. The highest BCUT2D eigenvalue weighted by molar-refractivity contribution is 5.66. The molecular weight excluding hydrogens is 370 g/mol. The van der Waals surface area contributed by atoms with Gasteiger partial charge >= 0.3 is 5.97 Å². The molecule has 9 rings (SSSR count). The van der Waals surface area contributed by atoms with Crippen molar-refractivity contribution in [3.63, 3.8) is 0 Å². The Morgan fingerprint density at radius 3 is 2.72 bits per heavy atom. The molecule has 6 nitrogen and oxygen atoms in total. The normalized spacial score (nSPS) is 67.8. The Kier molecular flexibility index (Phi) is 2.82. The second-order valence-electron chi connectivity index (χ2n) is 11.9. The van der Waals surface area contributed by atoms with Crippen LogP contribution in [0.3, 0.4) is 0 Å². The second-order valence-corrected chi connectivity index (χ2v) is 11.9. The summed E-state index contributed by atoms with van der Waals surface area (Å²) in [7, 11) is 0. The van der Waals surface area contributed by atoms with Crippen molar-refractivity contribution < 1.29 is 24.9 Å². The van der Waals surface area contributed by atoms with E-state index >= 15 is 0 Å². The lowest BCUT2D eigenvalue weighted by Crippen LogP contribution is -2.77. The quantitative estimate of drug-likeness (QED) is 0.443. The Labute approximate surface area is 170 Å². The van der Waals surface area contributed by atoms with E-state index in [0.29, 0.717) is 24.7 Å². The van der Waals surface area contributed by atoms with Crippen LogP contribution in [0.25, 0.3) is 0 Å². The fourth-order valence-corrected chi connectivity index (χ4v) is 11.4. The third kappa shape index (κ3) is 1.48. The lowest BCUT2D eigenvalue weighted by atomic mass is 9.35. The van der Waals surface area contributed by atoms with Crippen LogP contribution in [0.1, 0.15) is 39.5 Å². The summed E-state index contributed by atoms with van der Waals surface area (Å²) in [5, 5.41) is 35.5. The molecule has 0 aromatic heterocycles. The number of fused-ring (bicyclic) bond motifs is 1. The Morgan fingerprint density at radius 1 is 1.24 bits per heavy atom. The molecule has 0 aromatic carbocycles. The summed E-state index contributed by atoms with van der Waals surface area (Å²) in [6.45, 7) is 9.87. The number of aliphatic hydroxyl groups excluding tert-OH is 2. The van der Waals surface area contributed by atoms with Crippen molar-refractivity contribution in [3.8, 4) is 0 Å². The largest absolute Gasteiger partial charge is 0.463 e. The van der Waals surface area contributed by atoms with Gasteiger partial charge in [-0.3, -0.25) is 9.69 Å². The van der Waals surface area contributed by atoms with E-state index in [1.165, 1.54) is 6.92 Å². The number of carbonyl (C=O) groups excluding carboxylic acids is 1. The molecule has 1 unspecified atom stereocenters. The maximum atomic E-state index is 12.4. The third-order valence-corrected chi connectivity index (χ3v) is 10.8. The minimum atomic E-state index is -1.22. The van der Waals surface area contributed by atoms with Gasteiger partial charge in [0.25, 0.3) is 0 Å². The molecule has 3 N–H and O–H groups in total. The zero-order valence-electron chi connectivity index (χ0n) is 17.2. The van der Waals surface area contributed by atoms with Crippen molar-refractivity contribution in [3.05, 3.63) is 12.2 Å². The molecule has 9 fully saturated rings. The molecule has 0 amide bonds. The highest BCUT2D eigenvalue weighted by Crippen LogP contribution is 2.86. The number of ether oxygens (including phenoxy) is 1. The number of esters is 1. The van der Waals surface area contributed by atoms with Crippen molar-refractivity contribution in [2.75, 3.05) is 13.1 Å². The van der Waals surface area contributed by atoms with E-state index in [4.69, 9.17) is 4.74 Å². The van der Waals surface area contributed by atoms with Crippen molar-refractivity contribution in [1.29, 1.82) is 0 Å². The predicted molar refractivity (Wildman–Crippen MR) is 102 cm³/mol. The van der Waals surface area contributed by atoms with Crippen LogP contribution >= 0.6 is 0 Å². The fraction of sp³-hybridized carbons (Fsp3) is 0.870. The van der Waals surface area contributed by atoms with E-state index in [1.807, 2.05) is 0 Å². The summed E-state index contributed by atoms with van der Waals surface area (Å²) in [5.41, 5.74) is -1.12. The van der Waals surface area contributed by atoms with Gasteiger partial charge in [-0.25, -0.2) is 0 Å². The molecule has 3 saturated heterocycles. The Bertz CT molecular complexity index is 875. The van der Waals surface area contributed by atoms with Crippen LogP contribution in [0, 0.1) is 39.9 Å².